The molecule has 0 spiro atoms. The summed E-state index contributed by atoms with van der Waals surface area (Å²) in [4.78, 5) is 4.12. The molecule has 0 fully saturated rings. The third kappa shape index (κ3) is 12.0. The number of nitrogens with two attached hydrogens (primary N) is 1. The van der Waals surface area contributed by atoms with E-state index >= 15 is 0 Å². The van der Waals surface area contributed by atoms with Crippen LogP contribution in [0.15, 0.2) is 4.99 Å². The molecule has 0 aliphatic rings. The SMILES string of the molecule is COCC(C)NC(N)=NCCOC(C)C.I. The number of guanidine groups is 1. The molecular weight excluding hydrogens is 321 g/mol. The molecule has 0 heterocycles. The van der Waals surface area contributed by atoms with Gasteiger partial charge in [0.2, 0.25) is 0 Å². The predicted octanol–water partition coefficient (Wildman–Crippen LogP) is 0.969. The standard InChI is InChI=1S/C10H23N3O2.HI/c1-8(2)15-6-5-12-10(11)13-9(3)7-14-4;/h8-9H,5-7H2,1-4H3,(H3,11,12,13);1H. The molecule has 1 atom stereocenters. The zero-order chi connectivity index (χ0) is 11.7. The molecule has 0 aliphatic carbocycles. The van der Waals surface area contributed by atoms with E-state index in [2.05, 4.69) is 10.3 Å². The summed E-state index contributed by atoms with van der Waals surface area (Å²) in [6, 6.07) is 0.171. The number of halogens is 1. The Morgan fingerprint density at radius 2 is 2.00 bits per heavy atom. The molecule has 16 heavy (non-hydrogen) atoms. The lowest BCUT2D eigenvalue weighted by Gasteiger charge is -2.13. The Kier molecular flexibility index (Phi) is 13.0. The maximum atomic E-state index is 5.65. The van der Waals surface area contributed by atoms with Crippen LogP contribution in [-0.4, -0.2) is 45.0 Å². The van der Waals surface area contributed by atoms with Gasteiger partial charge in [0.25, 0.3) is 0 Å². The molecule has 0 bridgehead atoms. The molecule has 0 saturated carbocycles. The van der Waals surface area contributed by atoms with Crippen molar-refractivity contribution in [3.63, 3.8) is 0 Å². The van der Waals surface area contributed by atoms with Crippen LogP contribution in [0.5, 0.6) is 0 Å². The van der Waals surface area contributed by atoms with Crippen molar-refractivity contribution in [2.45, 2.75) is 32.9 Å². The quantitative estimate of drug-likeness (QED) is 0.312. The van der Waals surface area contributed by atoms with Gasteiger partial charge < -0.3 is 20.5 Å². The third-order valence-electron chi connectivity index (χ3n) is 1.64. The average molecular weight is 345 g/mol. The van der Waals surface area contributed by atoms with Crippen molar-refractivity contribution in [1.82, 2.24) is 5.32 Å². The lowest BCUT2D eigenvalue weighted by molar-refractivity contribution is 0.0853. The van der Waals surface area contributed by atoms with Crippen molar-refractivity contribution in [3.05, 3.63) is 0 Å². The number of nitrogens with zero attached hydrogens (tertiary/aromatic N) is 1. The zero-order valence-electron chi connectivity index (χ0n) is 10.5. The van der Waals surface area contributed by atoms with Crippen molar-refractivity contribution < 1.29 is 9.47 Å². The monoisotopic (exact) mass is 345 g/mol. The largest absolute Gasteiger partial charge is 0.383 e. The first-order valence-corrected chi connectivity index (χ1v) is 5.23. The Hall–Kier alpha value is -0.0800. The van der Waals surface area contributed by atoms with Crippen LogP contribution in [0.3, 0.4) is 0 Å². The molecule has 1 unspecified atom stereocenters. The van der Waals surface area contributed by atoms with Crippen LogP contribution in [0.1, 0.15) is 20.8 Å². The molecule has 0 aliphatic heterocycles. The van der Waals surface area contributed by atoms with E-state index in [1.807, 2.05) is 20.8 Å². The summed E-state index contributed by atoms with van der Waals surface area (Å²) in [5, 5.41) is 3.02. The van der Waals surface area contributed by atoms with Crippen LogP contribution >= 0.6 is 24.0 Å². The molecule has 0 aromatic heterocycles. The minimum atomic E-state index is 0. The van der Waals surface area contributed by atoms with E-state index in [9.17, 15) is 0 Å². The van der Waals surface area contributed by atoms with Gasteiger partial charge in [0.1, 0.15) is 0 Å². The number of hydrogen-bond acceptors (Lipinski definition) is 3. The van der Waals surface area contributed by atoms with Gasteiger partial charge in [-0.25, -0.2) is 0 Å². The fourth-order valence-electron chi connectivity index (χ4n) is 1.04. The second kappa shape index (κ2) is 11.4. The van der Waals surface area contributed by atoms with Crippen LogP contribution in [0.4, 0.5) is 0 Å². The number of ether oxygens (including phenoxy) is 2. The summed E-state index contributed by atoms with van der Waals surface area (Å²) in [6.07, 6.45) is 0.238. The van der Waals surface area contributed by atoms with E-state index in [0.717, 1.165) is 0 Å². The number of nitrogens with one attached hydrogen (secondary N) is 1. The van der Waals surface area contributed by atoms with Gasteiger partial charge in [-0.1, -0.05) is 0 Å². The minimum Gasteiger partial charge on any atom is -0.383 e. The van der Waals surface area contributed by atoms with Crippen molar-refractivity contribution >= 4 is 29.9 Å². The first-order chi connectivity index (χ1) is 7.06. The van der Waals surface area contributed by atoms with Crippen LogP contribution in [-0.2, 0) is 9.47 Å². The Morgan fingerprint density at radius 3 is 2.50 bits per heavy atom. The van der Waals surface area contributed by atoms with Crippen molar-refractivity contribution in [3.8, 4) is 0 Å². The molecule has 5 nitrogen and oxygen atoms in total. The fraction of sp³-hybridized carbons (Fsp3) is 0.900. The topological polar surface area (TPSA) is 68.9 Å². The summed E-state index contributed by atoms with van der Waals surface area (Å²) in [6.45, 7) is 7.75. The van der Waals surface area contributed by atoms with Crippen molar-refractivity contribution in [1.29, 1.82) is 0 Å². The molecule has 3 N–H and O–H groups in total. The Morgan fingerprint density at radius 1 is 1.38 bits per heavy atom. The third-order valence-corrected chi connectivity index (χ3v) is 1.64. The van der Waals surface area contributed by atoms with Gasteiger partial charge in [0, 0.05) is 13.2 Å². The van der Waals surface area contributed by atoms with Crippen LogP contribution in [0, 0.1) is 0 Å². The molecule has 6 heteroatoms. The van der Waals surface area contributed by atoms with E-state index in [-0.39, 0.29) is 36.1 Å². The first-order valence-electron chi connectivity index (χ1n) is 5.23. The highest BCUT2D eigenvalue weighted by molar-refractivity contribution is 14.0. The number of rotatable bonds is 7. The van der Waals surface area contributed by atoms with E-state index in [1.165, 1.54) is 0 Å². The number of methoxy groups -OCH3 is 1. The second-order valence-corrected chi connectivity index (χ2v) is 3.69. The Labute approximate surface area is 115 Å². The maximum absolute atomic E-state index is 5.65. The summed E-state index contributed by atoms with van der Waals surface area (Å²) < 4.78 is 10.3. The van der Waals surface area contributed by atoms with Crippen LogP contribution < -0.4 is 11.1 Å². The fourth-order valence-corrected chi connectivity index (χ4v) is 1.04. The lowest BCUT2D eigenvalue weighted by Crippen LogP contribution is -2.40. The summed E-state index contributed by atoms with van der Waals surface area (Å²) in [5.74, 6) is 0.437. The molecule has 0 radical (unpaired) electrons. The van der Waals surface area contributed by atoms with E-state index < -0.39 is 0 Å². The highest BCUT2D eigenvalue weighted by Gasteiger charge is 2.00. The van der Waals surface area contributed by atoms with Gasteiger partial charge in [0.05, 0.1) is 25.9 Å². The average Bonchev–Trinajstić information content (AvgIpc) is 2.12. The molecule has 0 saturated heterocycles. The number of hydrogen-bond donors (Lipinski definition) is 2. The molecule has 0 aromatic rings. The van der Waals surface area contributed by atoms with Crippen molar-refractivity contribution in [2.24, 2.45) is 10.7 Å². The van der Waals surface area contributed by atoms with E-state index in [0.29, 0.717) is 25.7 Å². The van der Waals surface area contributed by atoms with Gasteiger partial charge >= 0.3 is 0 Å². The van der Waals surface area contributed by atoms with E-state index in [1.54, 1.807) is 7.11 Å². The van der Waals surface area contributed by atoms with Crippen molar-refractivity contribution in [2.75, 3.05) is 26.9 Å². The molecule has 0 aromatic carbocycles. The van der Waals surface area contributed by atoms with Gasteiger partial charge in [-0.3, -0.25) is 4.99 Å². The highest BCUT2D eigenvalue weighted by atomic mass is 127. The van der Waals surface area contributed by atoms with Gasteiger partial charge in [-0.15, -0.1) is 24.0 Å². The second-order valence-electron chi connectivity index (χ2n) is 3.69. The predicted molar refractivity (Wildman–Crippen MR) is 77.5 cm³/mol. The van der Waals surface area contributed by atoms with Gasteiger partial charge in [-0.2, -0.15) is 0 Å². The molecule has 0 amide bonds. The van der Waals surface area contributed by atoms with E-state index in [4.69, 9.17) is 15.2 Å². The normalized spacial score (nSPS) is 13.4. The number of aliphatic imine (C=N–C) groups is 1. The smallest absolute Gasteiger partial charge is 0.188 e. The van der Waals surface area contributed by atoms with Crippen LogP contribution in [0.2, 0.25) is 0 Å². The summed E-state index contributed by atoms with van der Waals surface area (Å²) in [5.41, 5.74) is 5.65. The molecule has 0 rings (SSSR count). The Balaban J connectivity index is 0. The molecular formula is C10H24IN3O2. The van der Waals surface area contributed by atoms with Gasteiger partial charge in [0.15, 0.2) is 5.96 Å². The van der Waals surface area contributed by atoms with Gasteiger partial charge in [-0.05, 0) is 20.8 Å². The highest BCUT2D eigenvalue weighted by Crippen LogP contribution is 1.87. The first kappa shape index (κ1) is 18.3. The molecule has 98 valence electrons. The van der Waals surface area contributed by atoms with Crippen LogP contribution in [0.25, 0.3) is 0 Å². The summed E-state index contributed by atoms with van der Waals surface area (Å²) >= 11 is 0. The maximum Gasteiger partial charge on any atom is 0.188 e. The zero-order valence-corrected chi connectivity index (χ0v) is 12.9. The Bertz CT molecular complexity index is 189. The minimum absolute atomic E-state index is 0. The summed E-state index contributed by atoms with van der Waals surface area (Å²) in [7, 11) is 1.65. The lowest BCUT2D eigenvalue weighted by atomic mass is 10.4.